The normalized spacial score (nSPS) is 20.1. The Bertz CT molecular complexity index is 664. The van der Waals surface area contributed by atoms with Crippen molar-refractivity contribution in [2.45, 2.75) is 24.4 Å². The molecule has 9 heteroatoms. The van der Waals surface area contributed by atoms with Crippen LogP contribution in [0.3, 0.4) is 0 Å². The van der Waals surface area contributed by atoms with E-state index in [-0.39, 0.29) is 28.9 Å². The van der Waals surface area contributed by atoms with E-state index in [1.807, 2.05) is 0 Å². The second-order valence-corrected chi connectivity index (χ2v) is 7.93. The number of sulfonamides is 1. The Kier molecular flexibility index (Phi) is 5.60. The molecule has 4 nitrogen and oxygen atoms in total. The van der Waals surface area contributed by atoms with E-state index < -0.39 is 22.7 Å². The molecule has 0 saturated carbocycles. The van der Waals surface area contributed by atoms with E-state index in [1.165, 1.54) is 11.0 Å². The number of hydrogen-bond acceptors (Lipinski definition) is 3. The molecule has 1 aromatic rings. The average molecular weight is 371 g/mol. The summed E-state index contributed by atoms with van der Waals surface area (Å²) in [5, 5.41) is 0.127. The lowest BCUT2D eigenvalue weighted by molar-refractivity contribution is -0.143. The van der Waals surface area contributed by atoms with E-state index in [1.54, 1.807) is 19.1 Å². The van der Waals surface area contributed by atoms with Crippen LogP contribution in [0.5, 0.6) is 0 Å². The summed E-state index contributed by atoms with van der Waals surface area (Å²) in [7, 11) is -3.77. The maximum atomic E-state index is 12.3. The molecule has 1 aromatic carbocycles. The predicted molar refractivity (Wildman–Crippen MR) is 82.0 cm³/mol. The maximum absolute atomic E-state index is 12.3. The minimum atomic E-state index is -4.23. The van der Waals surface area contributed by atoms with Crippen molar-refractivity contribution in [3.8, 4) is 0 Å². The summed E-state index contributed by atoms with van der Waals surface area (Å²) in [6.45, 7) is 1.48. The van der Waals surface area contributed by atoms with E-state index in [4.69, 9.17) is 11.6 Å². The summed E-state index contributed by atoms with van der Waals surface area (Å²) in [4.78, 5) is 1.27. The Morgan fingerprint density at radius 1 is 1.39 bits per heavy atom. The van der Waals surface area contributed by atoms with Gasteiger partial charge in [-0.2, -0.15) is 13.2 Å². The van der Waals surface area contributed by atoms with Crippen LogP contribution in [-0.2, 0) is 10.0 Å². The molecule has 1 N–H and O–H groups in total. The molecular formula is C14H18ClF3N2O2S. The molecule has 23 heavy (non-hydrogen) atoms. The van der Waals surface area contributed by atoms with Gasteiger partial charge < -0.3 is 0 Å². The highest BCUT2D eigenvalue weighted by Crippen LogP contribution is 2.24. The number of benzene rings is 1. The van der Waals surface area contributed by atoms with Crippen molar-refractivity contribution in [1.82, 2.24) is 9.62 Å². The lowest BCUT2D eigenvalue weighted by Gasteiger charge is -2.18. The zero-order valence-corrected chi connectivity index (χ0v) is 14.1. The fourth-order valence-electron chi connectivity index (χ4n) is 2.61. The van der Waals surface area contributed by atoms with Gasteiger partial charge in [0.25, 0.3) is 0 Å². The molecule has 1 aliphatic rings. The molecule has 1 fully saturated rings. The van der Waals surface area contributed by atoms with E-state index in [9.17, 15) is 21.6 Å². The summed E-state index contributed by atoms with van der Waals surface area (Å²) in [5.41, 5.74) is 0.840. The number of likely N-dealkylation sites (tertiary alicyclic amines) is 1. The van der Waals surface area contributed by atoms with Gasteiger partial charge in [-0.3, -0.25) is 4.90 Å². The monoisotopic (exact) mass is 370 g/mol. The Labute approximate surface area is 138 Å². The second-order valence-electron chi connectivity index (χ2n) is 5.79. The fraction of sp³-hybridized carbons (Fsp3) is 0.571. The van der Waals surface area contributed by atoms with Crippen molar-refractivity contribution in [1.29, 1.82) is 0 Å². The fourth-order valence-corrected chi connectivity index (χ4v) is 4.32. The molecule has 0 bridgehead atoms. The standard InChI is InChI=1S/C14H18ClF3N2O2S/c1-10-2-3-13(12(15)6-10)23(21,22)19-7-11-4-5-20(8-11)9-14(16,17)18/h2-3,6,11,19H,4-5,7-9H2,1H3. The summed E-state index contributed by atoms with van der Waals surface area (Å²) in [6, 6.07) is 4.61. The maximum Gasteiger partial charge on any atom is 0.401 e. The quantitative estimate of drug-likeness (QED) is 0.867. The molecule has 0 radical (unpaired) electrons. The Morgan fingerprint density at radius 3 is 2.70 bits per heavy atom. The third-order valence-electron chi connectivity index (χ3n) is 3.71. The average Bonchev–Trinajstić information content (AvgIpc) is 2.81. The zero-order chi connectivity index (χ0) is 17.3. The number of nitrogens with one attached hydrogen (secondary N) is 1. The first-order valence-electron chi connectivity index (χ1n) is 7.12. The van der Waals surface area contributed by atoms with Crippen LogP contribution in [0, 0.1) is 12.8 Å². The Morgan fingerprint density at radius 2 is 2.09 bits per heavy atom. The molecule has 0 aliphatic carbocycles. The zero-order valence-electron chi connectivity index (χ0n) is 12.5. The first kappa shape index (κ1) is 18.5. The van der Waals surface area contributed by atoms with Gasteiger partial charge in [0.05, 0.1) is 11.6 Å². The first-order valence-corrected chi connectivity index (χ1v) is 8.98. The molecule has 1 aliphatic heterocycles. The number of hydrogen-bond donors (Lipinski definition) is 1. The number of halogens is 4. The van der Waals surface area contributed by atoms with Crippen LogP contribution in [0.15, 0.2) is 23.1 Å². The van der Waals surface area contributed by atoms with Crippen molar-refractivity contribution in [2.75, 3.05) is 26.2 Å². The van der Waals surface area contributed by atoms with Crippen LogP contribution in [0.2, 0.25) is 5.02 Å². The van der Waals surface area contributed by atoms with Crippen molar-refractivity contribution >= 4 is 21.6 Å². The second kappa shape index (κ2) is 6.96. The molecule has 1 unspecified atom stereocenters. The highest BCUT2D eigenvalue weighted by atomic mass is 35.5. The Hall–Kier alpha value is -0.830. The van der Waals surface area contributed by atoms with Crippen LogP contribution in [0.4, 0.5) is 13.2 Å². The lowest BCUT2D eigenvalue weighted by atomic mass is 10.1. The largest absolute Gasteiger partial charge is 0.401 e. The van der Waals surface area contributed by atoms with Gasteiger partial charge in [-0.15, -0.1) is 0 Å². The molecule has 1 saturated heterocycles. The van der Waals surface area contributed by atoms with Crippen LogP contribution in [0.25, 0.3) is 0 Å². The number of alkyl halides is 3. The van der Waals surface area contributed by atoms with Gasteiger partial charge in [0.2, 0.25) is 10.0 Å². The molecule has 0 spiro atoms. The Balaban J connectivity index is 1.93. The highest BCUT2D eigenvalue weighted by Gasteiger charge is 2.34. The van der Waals surface area contributed by atoms with Gasteiger partial charge in [0.15, 0.2) is 0 Å². The van der Waals surface area contributed by atoms with Crippen LogP contribution < -0.4 is 4.72 Å². The van der Waals surface area contributed by atoms with E-state index in [2.05, 4.69) is 4.72 Å². The van der Waals surface area contributed by atoms with E-state index in [0.717, 1.165) is 5.56 Å². The SMILES string of the molecule is Cc1ccc(S(=O)(=O)NCC2CCN(CC(F)(F)F)C2)c(Cl)c1. The summed E-state index contributed by atoms with van der Waals surface area (Å²) >= 11 is 5.95. The third kappa shape index (κ3) is 5.34. The molecular weight excluding hydrogens is 353 g/mol. The summed E-state index contributed by atoms with van der Waals surface area (Å²) in [5.74, 6) is -0.142. The summed E-state index contributed by atoms with van der Waals surface area (Å²) < 4.78 is 63.9. The number of rotatable bonds is 5. The smallest absolute Gasteiger partial charge is 0.295 e. The molecule has 130 valence electrons. The molecule has 1 atom stereocenters. The molecule has 0 aromatic heterocycles. The van der Waals surface area contributed by atoms with Gasteiger partial charge in [-0.25, -0.2) is 13.1 Å². The minimum absolute atomic E-state index is 0.0186. The van der Waals surface area contributed by atoms with Gasteiger partial charge in [0, 0.05) is 13.1 Å². The van der Waals surface area contributed by atoms with Crippen LogP contribution in [-0.4, -0.2) is 45.7 Å². The number of aryl methyl sites for hydroxylation is 1. The predicted octanol–water partition coefficient (Wildman–Crippen LogP) is 2.81. The minimum Gasteiger partial charge on any atom is -0.295 e. The van der Waals surface area contributed by atoms with E-state index in [0.29, 0.717) is 13.0 Å². The van der Waals surface area contributed by atoms with Crippen molar-refractivity contribution in [2.24, 2.45) is 5.92 Å². The van der Waals surface area contributed by atoms with E-state index >= 15 is 0 Å². The van der Waals surface area contributed by atoms with Crippen LogP contribution >= 0.6 is 11.6 Å². The van der Waals surface area contributed by atoms with Gasteiger partial charge in [-0.1, -0.05) is 17.7 Å². The van der Waals surface area contributed by atoms with Crippen molar-refractivity contribution in [3.05, 3.63) is 28.8 Å². The lowest BCUT2D eigenvalue weighted by Crippen LogP contribution is -2.34. The number of nitrogens with zero attached hydrogens (tertiary/aromatic N) is 1. The van der Waals surface area contributed by atoms with Crippen LogP contribution in [0.1, 0.15) is 12.0 Å². The third-order valence-corrected chi connectivity index (χ3v) is 5.62. The highest BCUT2D eigenvalue weighted by molar-refractivity contribution is 7.89. The molecule has 1 heterocycles. The topological polar surface area (TPSA) is 49.4 Å². The van der Waals surface area contributed by atoms with Gasteiger partial charge in [0.1, 0.15) is 4.90 Å². The molecule has 0 amide bonds. The first-order chi connectivity index (χ1) is 10.6. The van der Waals surface area contributed by atoms with Gasteiger partial charge in [-0.05, 0) is 43.5 Å². The van der Waals surface area contributed by atoms with Gasteiger partial charge >= 0.3 is 6.18 Å². The van der Waals surface area contributed by atoms with Crippen molar-refractivity contribution < 1.29 is 21.6 Å². The molecule has 2 rings (SSSR count). The summed E-state index contributed by atoms with van der Waals surface area (Å²) in [6.07, 6.45) is -3.70. The van der Waals surface area contributed by atoms with Crippen molar-refractivity contribution in [3.63, 3.8) is 0 Å².